The van der Waals surface area contributed by atoms with Gasteiger partial charge in [-0.15, -0.1) is 0 Å². The molecule has 6 nitrogen and oxygen atoms in total. The van der Waals surface area contributed by atoms with E-state index >= 15 is 0 Å². The lowest BCUT2D eigenvalue weighted by Gasteiger charge is -2.33. The highest BCUT2D eigenvalue weighted by Gasteiger charge is 2.27. The van der Waals surface area contributed by atoms with Gasteiger partial charge in [0, 0.05) is 30.8 Å². The van der Waals surface area contributed by atoms with Gasteiger partial charge in [-0.2, -0.15) is 4.57 Å². The number of hydrogen-bond acceptors (Lipinski definition) is 5. The fraction of sp³-hybridized carbons (Fsp3) is 0.529. The Kier molecular flexibility index (Phi) is 22.7. The Bertz CT molecular complexity index is 1700. The van der Waals surface area contributed by atoms with Gasteiger partial charge in [-0.05, 0) is 120 Å². The fourth-order valence-electron chi connectivity index (χ4n) is 7.35. The molecular weight excluding hydrogens is 707 g/mol. The number of carboxylic acids is 1. The van der Waals surface area contributed by atoms with Gasteiger partial charge in [0.1, 0.15) is 6.61 Å². The molecule has 0 unspecified atom stereocenters. The summed E-state index contributed by atoms with van der Waals surface area (Å²) in [6.45, 7) is 28.3. The molecule has 57 heavy (non-hydrogen) atoms. The second-order valence-electron chi connectivity index (χ2n) is 16.9. The first-order valence-corrected chi connectivity index (χ1v) is 21.1. The molecule has 0 saturated carbocycles. The molecule has 314 valence electrons. The maximum atomic E-state index is 8.89. The molecule has 3 rings (SSSR count). The number of carbonyl (C=O) groups excluding carboxylic acids is 1. The molecule has 0 spiro atoms. The third kappa shape index (κ3) is 19.9. The van der Waals surface area contributed by atoms with Gasteiger partial charge in [0.15, 0.2) is 12.7 Å². The zero-order valence-electron chi connectivity index (χ0n) is 37.5. The van der Waals surface area contributed by atoms with Crippen LogP contribution in [0.2, 0.25) is 0 Å². The normalized spacial score (nSPS) is 18.1. The quantitative estimate of drug-likeness (QED) is 0.0748. The van der Waals surface area contributed by atoms with E-state index < -0.39 is 5.97 Å². The zero-order chi connectivity index (χ0) is 42.3. The summed E-state index contributed by atoms with van der Waals surface area (Å²) in [6, 6.07) is 4.44. The van der Waals surface area contributed by atoms with Crippen LogP contribution >= 0.6 is 0 Å². The van der Waals surface area contributed by atoms with Gasteiger partial charge in [0.25, 0.3) is 0 Å². The highest BCUT2D eigenvalue weighted by atomic mass is 16.5. The van der Waals surface area contributed by atoms with Gasteiger partial charge in [-0.3, -0.25) is 0 Å². The van der Waals surface area contributed by atoms with Crippen molar-refractivity contribution in [3.05, 3.63) is 123 Å². The van der Waals surface area contributed by atoms with E-state index in [1.165, 1.54) is 83.1 Å². The number of carbonyl (C=O) groups is 1. The predicted molar refractivity (Wildman–Crippen MR) is 238 cm³/mol. The molecule has 1 aromatic heterocycles. The number of aromatic nitrogens is 1. The van der Waals surface area contributed by atoms with E-state index in [1.807, 2.05) is 0 Å². The molecule has 0 radical (unpaired) electrons. The minimum Gasteiger partial charge on any atom is -0.550 e. The molecule has 0 fully saturated rings. The van der Waals surface area contributed by atoms with Gasteiger partial charge < -0.3 is 24.1 Å². The van der Waals surface area contributed by atoms with E-state index in [9.17, 15) is 0 Å². The first-order valence-electron chi connectivity index (χ1n) is 21.1. The Hall–Kier alpha value is -3.84. The van der Waals surface area contributed by atoms with Crippen LogP contribution < -0.4 is 9.67 Å². The lowest BCUT2D eigenvalue weighted by molar-refractivity contribution is -0.700. The highest BCUT2D eigenvalue weighted by molar-refractivity contribution is 5.60. The molecule has 0 atom stereocenters. The Morgan fingerprint density at radius 2 is 1.21 bits per heavy atom. The minimum absolute atomic E-state index is 0.253. The topological polar surface area (TPSA) is 71.7 Å². The average molecular weight is 782 g/mol. The predicted octanol–water partition coefficient (Wildman–Crippen LogP) is 11.2. The summed E-state index contributed by atoms with van der Waals surface area (Å²) in [5.41, 5.74) is 12.6. The third-order valence-electron chi connectivity index (χ3n) is 10.5. The van der Waals surface area contributed by atoms with Crippen LogP contribution in [-0.4, -0.2) is 45.6 Å². The Morgan fingerprint density at radius 3 is 1.72 bits per heavy atom. The van der Waals surface area contributed by atoms with Crippen molar-refractivity contribution in [3.63, 3.8) is 0 Å². The summed E-state index contributed by atoms with van der Waals surface area (Å²) in [5, 5.41) is 8.89. The molecule has 0 aliphatic heterocycles. The first-order chi connectivity index (χ1) is 27.1. The largest absolute Gasteiger partial charge is 0.550 e. The third-order valence-corrected chi connectivity index (χ3v) is 10.5. The monoisotopic (exact) mass is 782 g/mol. The number of hydrogen-bond donors (Lipinski definition) is 0. The lowest BCUT2D eigenvalue weighted by atomic mass is 9.72. The lowest BCUT2D eigenvalue weighted by Crippen LogP contribution is -2.39. The second-order valence-corrected chi connectivity index (χ2v) is 16.9. The van der Waals surface area contributed by atoms with Crippen LogP contribution in [0.25, 0.3) is 12.2 Å². The fourth-order valence-corrected chi connectivity index (χ4v) is 7.35. The minimum atomic E-state index is -1.08. The van der Waals surface area contributed by atoms with Crippen molar-refractivity contribution in [1.82, 2.24) is 0 Å². The molecule has 0 saturated heterocycles. The van der Waals surface area contributed by atoms with E-state index in [2.05, 4.69) is 159 Å². The van der Waals surface area contributed by atoms with Crippen molar-refractivity contribution in [3.8, 4) is 0 Å². The van der Waals surface area contributed by atoms with Crippen molar-refractivity contribution in [2.24, 2.45) is 10.8 Å². The number of rotatable bonds is 20. The standard InChI is InChI=1S/C49H72NO3.C2H4O2/c1-11-31-51-33-35-53-36-34-52-32-30-50-29-26-44(21-13-17-40(3)23-25-47-43(6)20-15-28-49(47,9)10)38-45(50)37-41(4)18-12-16-39(2)22-24-46-42(5)19-14-27-48(46,7)8;1-2(3)4/h12-13,16-18,21-26,29,37-38H,11,14-15,19-20,27-28,30-36H2,1-10H3;1H3,(H,3,4)/q+1;/p-1/b18-12+,21-13+,24-22+,25-23+,39-16+,40-17+,41-37+;. The van der Waals surface area contributed by atoms with Crippen molar-refractivity contribution in [2.75, 3.05) is 39.6 Å². The molecule has 1 aromatic rings. The summed E-state index contributed by atoms with van der Waals surface area (Å²) < 4.78 is 19.3. The number of ether oxygens (including phenoxy) is 3. The van der Waals surface area contributed by atoms with E-state index in [-0.39, 0.29) is 10.8 Å². The average Bonchev–Trinajstić information content (AvgIpc) is 3.12. The van der Waals surface area contributed by atoms with Crippen LogP contribution in [0, 0.1) is 10.8 Å². The Labute approximate surface area is 347 Å². The van der Waals surface area contributed by atoms with Crippen LogP contribution in [0.4, 0.5) is 0 Å². The summed E-state index contributed by atoms with van der Waals surface area (Å²) in [5.74, 6) is -1.08. The number of pyridine rings is 1. The molecule has 0 amide bonds. The first kappa shape index (κ1) is 49.3. The maximum Gasteiger partial charge on any atom is 0.206 e. The second kappa shape index (κ2) is 26.2. The molecule has 0 N–H and O–H groups in total. The summed E-state index contributed by atoms with van der Waals surface area (Å²) >= 11 is 0. The van der Waals surface area contributed by atoms with Crippen LogP contribution in [-0.2, 0) is 25.5 Å². The molecular formula is C51H75NO5. The van der Waals surface area contributed by atoms with E-state index in [1.54, 1.807) is 0 Å². The van der Waals surface area contributed by atoms with Gasteiger partial charge in [-0.25, -0.2) is 0 Å². The van der Waals surface area contributed by atoms with Crippen molar-refractivity contribution in [2.45, 2.75) is 128 Å². The van der Waals surface area contributed by atoms with E-state index in [0.29, 0.717) is 33.0 Å². The van der Waals surface area contributed by atoms with E-state index in [0.717, 1.165) is 32.2 Å². The molecule has 6 heteroatoms. The Balaban J connectivity index is 0.00000267. The molecule has 1 heterocycles. The number of aliphatic carboxylic acids is 1. The molecule has 2 aliphatic rings. The summed E-state index contributed by atoms with van der Waals surface area (Å²) in [6.07, 6.45) is 35.3. The van der Waals surface area contributed by atoms with Crippen LogP contribution in [0.5, 0.6) is 0 Å². The number of carboxylic acid groups (broad SMARTS) is 1. The van der Waals surface area contributed by atoms with Crippen molar-refractivity contribution in [1.29, 1.82) is 0 Å². The van der Waals surface area contributed by atoms with Crippen LogP contribution in [0.3, 0.4) is 0 Å². The Morgan fingerprint density at radius 1 is 0.719 bits per heavy atom. The highest BCUT2D eigenvalue weighted by Crippen LogP contribution is 2.41. The SMILES string of the molecule is CC(=O)[O-].CCCOCCOCCOCC[n+]1ccc(/C=C/C=C(C)/C=C/C2=C(C)CCCC2(C)C)cc1/C=C(C)/C=C/C=C(C)/C=C/C1=C(C)CCCC1(C)C. The van der Waals surface area contributed by atoms with Gasteiger partial charge in [0.2, 0.25) is 5.69 Å². The smallest absolute Gasteiger partial charge is 0.206 e. The number of allylic oxidation sites excluding steroid dienone is 16. The van der Waals surface area contributed by atoms with Crippen molar-refractivity contribution < 1.29 is 28.7 Å². The van der Waals surface area contributed by atoms with Crippen LogP contribution in [0.15, 0.2) is 112 Å². The van der Waals surface area contributed by atoms with Crippen molar-refractivity contribution >= 4 is 18.1 Å². The molecule has 0 bridgehead atoms. The number of nitrogens with zero attached hydrogens (tertiary/aromatic N) is 1. The van der Waals surface area contributed by atoms with Gasteiger partial charge in [-0.1, -0.05) is 118 Å². The maximum absolute atomic E-state index is 8.89. The van der Waals surface area contributed by atoms with E-state index in [4.69, 9.17) is 24.1 Å². The summed E-state index contributed by atoms with van der Waals surface area (Å²) in [7, 11) is 0. The molecule has 2 aliphatic carbocycles. The summed E-state index contributed by atoms with van der Waals surface area (Å²) in [4.78, 5) is 8.89. The van der Waals surface area contributed by atoms with Gasteiger partial charge >= 0.3 is 0 Å². The van der Waals surface area contributed by atoms with Crippen LogP contribution in [0.1, 0.15) is 132 Å². The zero-order valence-corrected chi connectivity index (χ0v) is 37.5. The molecule has 0 aromatic carbocycles. The van der Waals surface area contributed by atoms with Gasteiger partial charge in [0.05, 0.1) is 26.4 Å².